The van der Waals surface area contributed by atoms with Crippen LogP contribution in [0.2, 0.25) is 0 Å². The molecule has 0 aromatic heterocycles. The molecular formula is C27H29NO8S. The maximum atomic E-state index is 13.0. The molecule has 37 heavy (non-hydrogen) atoms. The SMILES string of the molecule is COc1cc(OC)c(/C=C/S(=O)(=O)Cc2ccc(OC)c(NC(C(=O)O)c3ccccc3)c2)c(OC)c1. The van der Waals surface area contributed by atoms with Gasteiger partial charge in [-0.25, -0.2) is 13.2 Å². The van der Waals surface area contributed by atoms with Gasteiger partial charge in [0.2, 0.25) is 0 Å². The van der Waals surface area contributed by atoms with Crippen LogP contribution in [0.1, 0.15) is 22.7 Å². The van der Waals surface area contributed by atoms with Crippen LogP contribution in [0.25, 0.3) is 6.08 Å². The van der Waals surface area contributed by atoms with Gasteiger partial charge in [0.15, 0.2) is 15.9 Å². The van der Waals surface area contributed by atoms with Crippen molar-refractivity contribution in [3.8, 4) is 23.0 Å². The summed E-state index contributed by atoms with van der Waals surface area (Å²) in [7, 11) is 2.15. The van der Waals surface area contributed by atoms with Gasteiger partial charge in [0.25, 0.3) is 0 Å². The summed E-state index contributed by atoms with van der Waals surface area (Å²) in [4.78, 5) is 11.9. The van der Waals surface area contributed by atoms with Crippen molar-refractivity contribution >= 4 is 27.6 Å². The van der Waals surface area contributed by atoms with E-state index in [9.17, 15) is 18.3 Å². The zero-order chi connectivity index (χ0) is 27.0. The predicted octanol–water partition coefficient (Wildman–Crippen LogP) is 4.54. The summed E-state index contributed by atoms with van der Waals surface area (Å²) < 4.78 is 47.3. The number of anilines is 1. The van der Waals surface area contributed by atoms with E-state index in [2.05, 4.69) is 5.32 Å². The van der Waals surface area contributed by atoms with E-state index in [1.807, 2.05) is 0 Å². The van der Waals surface area contributed by atoms with Crippen LogP contribution in [0.4, 0.5) is 5.69 Å². The van der Waals surface area contributed by atoms with Gasteiger partial charge in [0, 0.05) is 17.5 Å². The maximum Gasteiger partial charge on any atom is 0.330 e. The zero-order valence-electron chi connectivity index (χ0n) is 20.9. The van der Waals surface area contributed by atoms with E-state index in [-0.39, 0.29) is 5.75 Å². The van der Waals surface area contributed by atoms with Gasteiger partial charge >= 0.3 is 5.97 Å². The number of carboxylic acids is 1. The molecule has 9 nitrogen and oxygen atoms in total. The summed E-state index contributed by atoms with van der Waals surface area (Å²) in [6.07, 6.45) is 1.41. The van der Waals surface area contributed by atoms with E-state index in [4.69, 9.17) is 18.9 Å². The Bertz CT molecular complexity index is 1350. The fourth-order valence-corrected chi connectivity index (χ4v) is 4.78. The number of methoxy groups -OCH3 is 4. The van der Waals surface area contributed by atoms with Gasteiger partial charge in [-0.05, 0) is 29.3 Å². The predicted molar refractivity (Wildman–Crippen MR) is 141 cm³/mol. The lowest BCUT2D eigenvalue weighted by Crippen LogP contribution is -2.21. The molecule has 0 aliphatic rings. The fraction of sp³-hybridized carbons (Fsp3) is 0.222. The second-order valence-electron chi connectivity index (χ2n) is 7.92. The first-order valence-corrected chi connectivity index (χ1v) is 12.8. The first-order valence-electron chi connectivity index (χ1n) is 11.1. The molecule has 0 bridgehead atoms. The van der Waals surface area contributed by atoms with Crippen molar-refractivity contribution in [1.82, 2.24) is 0 Å². The third-order valence-electron chi connectivity index (χ3n) is 5.51. The molecule has 3 aromatic rings. The monoisotopic (exact) mass is 527 g/mol. The molecule has 3 rings (SSSR count). The van der Waals surface area contributed by atoms with Gasteiger partial charge in [0.05, 0.1) is 45.4 Å². The van der Waals surface area contributed by atoms with Crippen LogP contribution in [0, 0.1) is 0 Å². The fourth-order valence-electron chi connectivity index (χ4n) is 3.70. The molecule has 1 unspecified atom stereocenters. The van der Waals surface area contributed by atoms with Gasteiger partial charge in [-0.3, -0.25) is 0 Å². The molecule has 0 aliphatic heterocycles. The van der Waals surface area contributed by atoms with Gasteiger partial charge in [0.1, 0.15) is 23.0 Å². The van der Waals surface area contributed by atoms with Crippen molar-refractivity contribution < 1.29 is 37.3 Å². The molecule has 10 heteroatoms. The highest BCUT2D eigenvalue weighted by molar-refractivity contribution is 7.93. The number of carboxylic acid groups (broad SMARTS) is 1. The number of ether oxygens (including phenoxy) is 4. The van der Waals surface area contributed by atoms with Gasteiger partial charge in [-0.1, -0.05) is 36.4 Å². The van der Waals surface area contributed by atoms with Crippen molar-refractivity contribution in [3.63, 3.8) is 0 Å². The summed E-state index contributed by atoms with van der Waals surface area (Å²) in [6.45, 7) is 0. The average Bonchev–Trinajstić information content (AvgIpc) is 2.90. The van der Waals surface area contributed by atoms with Gasteiger partial charge in [-0.15, -0.1) is 0 Å². The smallest absolute Gasteiger partial charge is 0.330 e. The second-order valence-corrected chi connectivity index (χ2v) is 9.80. The van der Waals surface area contributed by atoms with E-state index >= 15 is 0 Å². The number of aliphatic carboxylic acids is 1. The number of hydrogen-bond donors (Lipinski definition) is 2. The molecule has 0 saturated carbocycles. The van der Waals surface area contributed by atoms with Crippen molar-refractivity contribution in [2.75, 3.05) is 33.8 Å². The molecule has 196 valence electrons. The highest BCUT2D eigenvalue weighted by Crippen LogP contribution is 2.35. The first-order chi connectivity index (χ1) is 17.7. The van der Waals surface area contributed by atoms with E-state index < -0.39 is 21.8 Å². The summed E-state index contributed by atoms with van der Waals surface area (Å²) in [6, 6.07) is 15.6. The Morgan fingerprint density at radius 1 is 0.892 bits per heavy atom. The lowest BCUT2D eigenvalue weighted by atomic mass is 10.1. The molecular weight excluding hydrogens is 498 g/mol. The summed E-state index contributed by atoms with van der Waals surface area (Å²) in [5.41, 5.74) is 1.78. The second kappa shape index (κ2) is 12.2. The molecule has 1 atom stereocenters. The molecule has 2 N–H and O–H groups in total. The Morgan fingerprint density at radius 3 is 2.05 bits per heavy atom. The van der Waals surface area contributed by atoms with Crippen molar-refractivity contribution in [1.29, 1.82) is 0 Å². The molecule has 0 spiro atoms. The lowest BCUT2D eigenvalue weighted by molar-refractivity contribution is -0.138. The van der Waals surface area contributed by atoms with Gasteiger partial charge in [-0.2, -0.15) is 0 Å². The molecule has 3 aromatic carbocycles. The Kier molecular flexibility index (Phi) is 9.02. The molecule has 0 heterocycles. The summed E-state index contributed by atoms with van der Waals surface area (Å²) >= 11 is 0. The van der Waals surface area contributed by atoms with Crippen LogP contribution >= 0.6 is 0 Å². The van der Waals surface area contributed by atoms with E-state index in [0.717, 1.165) is 5.41 Å². The highest BCUT2D eigenvalue weighted by atomic mass is 32.2. The Hall–Kier alpha value is -4.18. The van der Waals surface area contributed by atoms with Crippen molar-refractivity contribution in [2.45, 2.75) is 11.8 Å². The van der Waals surface area contributed by atoms with Crippen LogP contribution in [0.3, 0.4) is 0 Å². The van der Waals surface area contributed by atoms with Crippen LogP contribution in [0.15, 0.2) is 66.1 Å². The Balaban J connectivity index is 1.89. The van der Waals surface area contributed by atoms with Crippen LogP contribution in [-0.2, 0) is 20.4 Å². The molecule has 0 fully saturated rings. The van der Waals surface area contributed by atoms with Gasteiger partial charge < -0.3 is 29.4 Å². The highest BCUT2D eigenvalue weighted by Gasteiger charge is 2.22. The number of benzene rings is 3. The largest absolute Gasteiger partial charge is 0.496 e. The summed E-state index contributed by atoms with van der Waals surface area (Å²) in [5, 5.41) is 13.8. The third-order valence-corrected chi connectivity index (χ3v) is 6.79. The van der Waals surface area contributed by atoms with Crippen LogP contribution in [0.5, 0.6) is 23.0 Å². The molecule has 0 amide bonds. The Morgan fingerprint density at radius 2 is 1.51 bits per heavy atom. The standard InChI is InChI=1S/C27H29NO8S/c1-33-20-15-24(35-3)21(25(16-20)36-4)12-13-37(31,32)17-18-10-11-23(34-2)22(14-18)28-26(27(29)30)19-8-6-5-7-9-19/h5-16,26,28H,17H2,1-4H3,(H,29,30)/b13-12+. The molecule has 0 saturated heterocycles. The van der Waals surface area contributed by atoms with E-state index in [1.54, 1.807) is 60.7 Å². The minimum Gasteiger partial charge on any atom is -0.496 e. The number of carbonyl (C=O) groups is 1. The minimum absolute atomic E-state index is 0.327. The zero-order valence-corrected chi connectivity index (χ0v) is 21.7. The number of sulfone groups is 1. The maximum absolute atomic E-state index is 13.0. The topological polar surface area (TPSA) is 120 Å². The number of nitrogens with one attached hydrogen (secondary N) is 1. The number of rotatable bonds is 12. The minimum atomic E-state index is -3.74. The van der Waals surface area contributed by atoms with Crippen LogP contribution < -0.4 is 24.3 Å². The Labute approximate surface area is 216 Å². The number of hydrogen-bond acceptors (Lipinski definition) is 8. The van der Waals surface area contributed by atoms with E-state index in [1.165, 1.54) is 34.5 Å². The lowest BCUT2D eigenvalue weighted by Gasteiger charge is -2.19. The molecule has 0 aliphatic carbocycles. The average molecular weight is 528 g/mol. The normalized spacial score (nSPS) is 12.1. The van der Waals surface area contributed by atoms with Crippen molar-refractivity contribution in [3.05, 3.63) is 82.8 Å². The van der Waals surface area contributed by atoms with Crippen LogP contribution in [-0.4, -0.2) is 47.9 Å². The quantitative estimate of drug-likeness (QED) is 0.350. The van der Waals surface area contributed by atoms with Crippen molar-refractivity contribution in [2.24, 2.45) is 0 Å². The first kappa shape index (κ1) is 27.4. The molecule has 0 radical (unpaired) electrons. The van der Waals surface area contributed by atoms with E-state index in [0.29, 0.717) is 45.4 Å². The third kappa shape index (κ3) is 6.95. The summed E-state index contributed by atoms with van der Waals surface area (Å²) in [5.74, 6) is 0.246.